The fraction of sp³-hybridized carbons (Fsp3) is 0.333. The number of carbonyl (C=O) groups is 2. The summed E-state index contributed by atoms with van der Waals surface area (Å²) in [5.74, 6) is -0.419. The van der Waals surface area contributed by atoms with Gasteiger partial charge in [0.25, 0.3) is 0 Å². The lowest BCUT2D eigenvalue weighted by atomic mass is 10.1. The first-order valence-corrected chi connectivity index (χ1v) is 14.0. The molecule has 0 saturated carbocycles. The molecule has 0 aliphatic heterocycles. The lowest BCUT2D eigenvalue weighted by molar-refractivity contribution is -0.150. The Kier molecular flexibility index (Phi) is 12.4. The molecule has 7 nitrogen and oxygen atoms in total. The molecule has 0 fully saturated rings. The second-order valence-electron chi connectivity index (χ2n) is 8.84. The van der Waals surface area contributed by atoms with Crippen LogP contribution in [0.1, 0.15) is 24.5 Å². The molecule has 1 amide bonds. The molecule has 11 heteroatoms. The summed E-state index contributed by atoms with van der Waals surface area (Å²) in [7, 11) is 0. The number of benzene rings is 3. The van der Waals surface area contributed by atoms with Crippen LogP contribution in [0.3, 0.4) is 0 Å². The van der Waals surface area contributed by atoms with Crippen LogP contribution in [-0.2, 0) is 22.1 Å². The van der Waals surface area contributed by atoms with Gasteiger partial charge in [-0.15, -0.1) is 11.8 Å². The minimum Gasteiger partial charge on any atom is -0.492 e. The van der Waals surface area contributed by atoms with Crippen LogP contribution in [0.25, 0.3) is 0 Å². The van der Waals surface area contributed by atoms with E-state index in [1.807, 2.05) is 30.3 Å². The summed E-state index contributed by atoms with van der Waals surface area (Å²) >= 11 is 1.61. The summed E-state index contributed by atoms with van der Waals surface area (Å²) < 4.78 is 56.4. The third kappa shape index (κ3) is 10.7. The number of hydrogen-bond donors (Lipinski definition) is 1. The summed E-state index contributed by atoms with van der Waals surface area (Å²) in [5, 5.41) is 9.27. The molecule has 0 aromatic heterocycles. The quantitative estimate of drug-likeness (QED) is 0.154. The number of nitrogens with zero attached hydrogens (tertiary/aromatic N) is 1. The molecule has 0 radical (unpaired) electrons. The number of aliphatic carboxylic acids is 1. The van der Waals surface area contributed by atoms with E-state index < -0.39 is 35.7 Å². The number of carboxylic acid groups (broad SMARTS) is 1. The van der Waals surface area contributed by atoms with Gasteiger partial charge in [0.15, 0.2) is 6.10 Å². The number of rotatable bonds is 15. The Hall–Kier alpha value is -3.70. The van der Waals surface area contributed by atoms with Crippen LogP contribution in [0.4, 0.5) is 18.0 Å². The minimum atomic E-state index is -4.67. The number of thioether (sulfide) groups is 1. The van der Waals surface area contributed by atoms with E-state index >= 15 is 0 Å². The van der Waals surface area contributed by atoms with Crippen molar-refractivity contribution in [3.63, 3.8) is 0 Å². The number of para-hydroxylation sites is 1. The Morgan fingerprint density at radius 2 is 1.63 bits per heavy atom. The average molecular weight is 592 g/mol. The molecule has 1 N–H and O–H groups in total. The molecule has 0 spiro atoms. The van der Waals surface area contributed by atoms with Crippen molar-refractivity contribution in [2.45, 2.75) is 36.9 Å². The highest BCUT2D eigenvalue weighted by molar-refractivity contribution is 7.99. The highest BCUT2D eigenvalue weighted by Gasteiger charge is 2.35. The summed E-state index contributed by atoms with van der Waals surface area (Å²) in [6.45, 7) is 2.41. The number of carbonyl (C=O) groups excluding carboxylic acids is 1. The molecule has 0 aliphatic rings. The van der Waals surface area contributed by atoms with Gasteiger partial charge in [0.1, 0.15) is 18.1 Å². The molecule has 1 unspecified atom stereocenters. The van der Waals surface area contributed by atoms with Gasteiger partial charge in [-0.25, -0.2) is 9.59 Å². The summed E-state index contributed by atoms with van der Waals surface area (Å²) in [6, 6.07) is 21.1. The van der Waals surface area contributed by atoms with Crippen molar-refractivity contribution in [3.8, 4) is 11.5 Å². The van der Waals surface area contributed by atoms with Gasteiger partial charge in [0, 0.05) is 24.5 Å². The van der Waals surface area contributed by atoms with Gasteiger partial charge in [0.05, 0.1) is 12.1 Å². The van der Waals surface area contributed by atoms with Crippen molar-refractivity contribution in [2.24, 2.45) is 0 Å². The predicted octanol–water partition coefficient (Wildman–Crippen LogP) is 6.80. The lowest BCUT2D eigenvalue weighted by Gasteiger charge is -2.23. The van der Waals surface area contributed by atoms with E-state index in [9.17, 15) is 27.9 Å². The number of carboxylic acids is 1. The first-order chi connectivity index (χ1) is 19.7. The molecule has 0 bridgehead atoms. The van der Waals surface area contributed by atoms with Crippen molar-refractivity contribution < 1.29 is 42.1 Å². The molecule has 3 aromatic rings. The molecule has 3 rings (SSSR count). The maximum Gasteiger partial charge on any atom is 0.419 e. The zero-order valence-electron chi connectivity index (χ0n) is 22.5. The molecular formula is C30H32F3NO6S. The van der Waals surface area contributed by atoms with E-state index in [0.29, 0.717) is 17.9 Å². The predicted molar refractivity (Wildman–Crippen MR) is 150 cm³/mol. The van der Waals surface area contributed by atoms with Crippen LogP contribution in [0.5, 0.6) is 11.5 Å². The molecule has 41 heavy (non-hydrogen) atoms. The summed E-state index contributed by atoms with van der Waals surface area (Å²) in [4.78, 5) is 26.7. The number of ether oxygens (including phenoxy) is 3. The second kappa shape index (κ2) is 15.9. The number of alkyl halides is 3. The maximum atomic E-state index is 13.4. The van der Waals surface area contributed by atoms with E-state index in [1.54, 1.807) is 43.0 Å². The topological polar surface area (TPSA) is 85.3 Å². The molecule has 0 heterocycles. The van der Waals surface area contributed by atoms with E-state index in [4.69, 9.17) is 14.2 Å². The zero-order chi connectivity index (χ0) is 29.7. The van der Waals surface area contributed by atoms with Crippen LogP contribution in [0.15, 0.2) is 83.8 Å². The Morgan fingerprint density at radius 1 is 0.951 bits per heavy atom. The first-order valence-electron chi connectivity index (χ1n) is 13.0. The zero-order valence-corrected chi connectivity index (χ0v) is 23.3. The largest absolute Gasteiger partial charge is 0.492 e. The Balaban J connectivity index is 1.60. The summed E-state index contributed by atoms with van der Waals surface area (Å²) in [6.07, 6.45) is -5.75. The highest BCUT2D eigenvalue weighted by atomic mass is 32.2. The van der Waals surface area contributed by atoms with Crippen molar-refractivity contribution >= 4 is 23.8 Å². The van der Waals surface area contributed by atoms with Gasteiger partial charge >= 0.3 is 18.2 Å². The Morgan fingerprint density at radius 3 is 2.29 bits per heavy atom. The van der Waals surface area contributed by atoms with Gasteiger partial charge in [-0.05, 0) is 61.1 Å². The fourth-order valence-corrected chi connectivity index (χ4v) is 4.69. The molecule has 0 aliphatic carbocycles. The normalized spacial score (nSPS) is 12.0. The number of halogens is 3. The highest BCUT2D eigenvalue weighted by Crippen LogP contribution is 2.36. The fourth-order valence-electron chi connectivity index (χ4n) is 3.83. The molecular weight excluding hydrogens is 559 g/mol. The van der Waals surface area contributed by atoms with Crippen LogP contribution in [0.2, 0.25) is 0 Å². The van der Waals surface area contributed by atoms with Crippen molar-refractivity contribution in [1.82, 2.24) is 4.90 Å². The minimum absolute atomic E-state index is 0.0674. The summed E-state index contributed by atoms with van der Waals surface area (Å²) in [5.41, 5.74) is -0.276. The monoisotopic (exact) mass is 591 g/mol. The van der Waals surface area contributed by atoms with Gasteiger partial charge in [-0.2, -0.15) is 13.2 Å². The smallest absolute Gasteiger partial charge is 0.419 e. The number of amides is 1. The van der Waals surface area contributed by atoms with Gasteiger partial charge in [-0.3, -0.25) is 0 Å². The SMILES string of the molecule is CCOC(Cc1ccc(OCCN(CCCSc2ccccc2)C(=O)Oc2ccccc2C(F)(F)F)cc1)C(=O)O. The number of hydrogen-bond acceptors (Lipinski definition) is 6. The van der Waals surface area contributed by atoms with Crippen LogP contribution in [-0.4, -0.2) is 60.2 Å². The van der Waals surface area contributed by atoms with E-state index in [0.717, 1.165) is 22.6 Å². The average Bonchev–Trinajstić information content (AvgIpc) is 2.95. The van der Waals surface area contributed by atoms with Crippen molar-refractivity contribution in [2.75, 3.05) is 32.1 Å². The molecule has 220 valence electrons. The van der Waals surface area contributed by atoms with Crippen molar-refractivity contribution in [1.29, 1.82) is 0 Å². The lowest BCUT2D eigenvalue weighted by Crippen LogP contribution is -2.38. The van der Waals surface area contributed by atoms with Crippen LogP contribution in [0, 0.1) is 0 Å². The molecule has 3 aromatic carbocycles. The maximum absolute atomic E-state index is 13.4. The standard InChI is InChI=1S/C30H32F3NO6S/c1-2-38-27(28(35)36)21-22-13-15-23(16-14-22)39-19-18-34(17-8-20-41-24-9-4-3-5-10-24)29(37)40-26-12-7-6-11-25(26)30(31,32)33/h3-7,9-16,27H,2,8,17-21H2,1H3,(H,35,36). The Bertz CT molecular complexity index is 1240. The van der Waals surface area contributed by atoms with Crippen molar-refractivity contribution in [3.05, 3.63) is 90.0 Å². The van der Waals surface area contributed by atoms with E-state index in [-0.39, 0.29) is 32.7 Å². The van der Waals surface area contributed by atoms with Crippen LogP contribution < -0.4 is 9.47 Å². The Labute approximate surface area is 241 Å². The third-order valence-corrected chi connectivity index (χ3v) is 6.95. The van der Waals surface area contributed by atoms with Gasteiger partial charge < -0.3 is 24.2 Å². The third-order valence-electron chi connectivity index (χ3n) is 5.85. The van der Waals surface area contributed by atoms with Gasteiger partial charge in [0.2, 0.25) is 0 Å². The second-order valence-corrected chi connectivity index (χ2v) is 10.0. The molecule has 1 atom stereocenters. The van der Waals surface area contributed by atoms with E-state index in [1.165, 1.54) is 17.0 Å². The van der Waals surface area contributed by atoms with Gasteiger partial charge in [-0.1, -0.05) is 42.5 Å². The van der Waals surface area contributed by atoms with Crippen LogP contribution >= 0.6 is 11.8 Å². The first kappa shape index (κ1) is 31.8. The van der Waals surface area contributed by atoms with E-state index in [2.05, 4.69) is 0 Å². The molecule has 0 saturated heterocycles.